The van der Waals surface area contributed by atoms with Crippen LogP contribution in [0.25, 0.3) is 0 Å². The van der Waals surface area contributed by atoms with Gasteiger partial charge in [0, 0.05) is 18.3 Å². The van der Waals surface area contributed by atoms with Crippen LogP contribution in [0.4, 0.5) is 11.4 Å². The molecule has 1 aromatic heterocycles. The minimum absolute atomic E-state index is 0.227. The largest absolute Gasteiger partial charge is 0.482 e. The van der Waals surface area contributed by atoms with Crippen molar-refractivity contribution < 1.29 is 32.3 Å². The molecule has 0 fully saturated rings. The highest BCUT2D eigenvalue weighted by atomic mass is 32.2. The van der Waals surface area contributed by atoms with Crippen LogP contribution < -0.4 is 20.1 Å². The van der Waals surface area contributed by atoms with Gasteiger partial charge in [-0.1, -0.05) is 6.07 Å². The molecule has 0 spiro atoms. The molecule has 3 rings (SSSR count). The molecule has 0 bridgehead atoms. The fourth-order valence-corrected chi connectivity index (χ4v) is 5.04. The molecule has 0 saturated carbocycles. The third-order valence-corrected chi connectivity index (χ3v) is 7.64. The maximum atomic E-state index is 12.6. The number of amides is 2. The first kappa shape index (κ1) is 24.7. The average Bonchev–Trinajstić information content (AvgIpc) is 3.38. The van der Waals surface area contributed by atoms with E-state index in [2.05, 4.69) is 5.32 Å². The first-order valence-corrected chi connectivity index (χ1v) is 12.1. The minimum Gasteiger partial charge on any atom is -0.482 e. The number of anilines is 2. The van der Waals surface area contributed by atoms with Crippen molar-refractivity contribution >= 4 is 50.5 Å². The van der Waals surface area contributed by atoms with E-state index in [1.54, 1.807) is 23.6 Å². The highest BCUT2D eigenvalue weighted by Crippen LogP contribution is 2.26. The number of nitrogens with one attached hydrogen (secondary N) is 1. The molecule has 2 amide bonds. The predicted octanol–water partition coefficient (Wildman–Crippen LogP) is 2.23. The molecule has 0 aliphatic rings. The number of thiophene rings is 1. The third kappa shape index (κ3) is 6.33. The summed E-state index contributed by atoms with van der Waals surface area (Å²) in [4.78, 5) is 34.8. The van der Waals surface area contributed by atoms with Crippen molar-refractivity contribution in [3.05, 3.63) is 71.6 Å². The Morgan fingerprint density at radius 1 is 1.00 bits per heavy atom. The maximum absolute atomic E-state index is 12.6. The quantitative estimate of drug-likeness (QED) is 0.404. The van der Waals surface area contributed by atoms with Crippen LogP contribution in [0.3, 0.4) is 0 Å². The Bertz CT molecular complexity index is 1260. The lowest BCUT2D eigenvalue weighted by molar-refractivity contribution is -0.149. The fourth-order valence-electron chi connectivity index (χ4n) is 2.68. The molecule has 0 unspecified atom stereocenters. The molecule has 0 atom stereocenters. The summed E-state index contributed by atoms with van der Waals surface area (Å²) in [5, 5.41) is 4.20. The lowest BCUT2D eigenvalue weighted by Crippen LogP contribution is -2.25. The van der Waals surface area contributed by atoms with Gasteiger partial charge in [0.15, 0.2) is 13.2 Å². The zero-order chi connectivity index (χ0) is 24.7. The number of benzene rings is 2. The highest BCUT2D eigenvalue weighted by Gasteiger charge is 2.22. The van der Waals surface area contributed by atoms with Gasteiger partial charge in [-0.25, -0.2) is 13.2 Å². The number of carbonyl (C=O) groups excluding carboxylic acids is 3. The summed E-state index contributed by atoms with van der Waals surface area (Å²) in [6.45, 7) is -0.965. The van der Waals surface area contributed by atoms with E-state index >= 15 is 0 Å². The van der Waals surface area contributed by atoms with E-state index in [4.69, 9.17) is 15.2 Å². The van der Waals surface area contributed by atoms with Gasteiger partial charge in [-0.2, -0.15) is 0 Å². The topological polar surface area (TPSA) is 145 Å². The van der Waals surface area contributed by atoms with E-state index in [0.29, 0.717) is 22.7 Å². The Kier molecular flexibility index (Phi) is 7.87. The van der Waals surface area contributed by atoms with E-state index < -0.39 is 41.0 Å². The smallest absolute Gasteiger partial charge is 0.344 e. The van der Waals surface area contributed by atoms with E-state index in [1.165, 1.54) is 49.5 Å². The number of sulfonamides is 1. The van der Waals surface area contributed by atoms with Crippen molar-refractivity contribution in [1.82, 2.24) is 0 Å². The van der Waals surface area contributed by atoms with Gasteiger partial charge in [-0.15, -0.1) is 11.3 Å². The summed E-state index contributed by atoms with van der Waals surface area (Å²) in [7, 11) is -2.21. The molecule has 10 nitrogen and oxygen atoms in total. The summed E-state index contributed by atoms with van der Waals surface area (Å²) in [6, 6.07) is 15.2. The molecule has 0 aliphatic heterocycles. The number of nitrogens with two attached hydrogens (primary N) is 1. The molecular formula is C22H21N3O7S2. The van der Waals surface area contributed by atoms with E-state index in [1.807, 2.05) is 0 Å². The zero-order valence-corrected chi connectivity index (χ0v) is 19.6. The van der Waals surface area contributed by atoms with Gasteiger partial charge in [0.1, 0.15) is 9.96 Å². The fraction of sp³-hybridized carbons (Fsp3) is 0.136. The summed E-state index contributed by atoms with van der Waals surface area (Å²) < 4.78 is 36.7. The van der Waals surface area contributed by atoms with Gasteiger partial charge in [0.05, 0.1) is 5.69 Å². The van der Waals surface area contributed by atoms with E-state index in [9.17, 15) is 22.8 Å². The third-order valence-electron chi connectivity index (χ3n) is 4.48. The molecule has 12 heteroatoms. The van der Waals surface area contributed by atoms with Crippen LogP contribution >= 0.6 is 11.3 Å². The van der Waals surface area contributed by atoms with Crippen LogP contribution in [0.2, 0.25) is 0 Å². The standard InChI is InChI=1S/C22H21N3O7S2/c1-25(34(29,30)21-3-2-12-33-21)17-8-10-18(11-9-17)31-14-20(27)32-13-19(26)24-16-6-4-15(5-7-16)22(23)28/h2-12H,13-14H2,1H3,(H2,23,28)(H,24,26). The molecule has 2 aromatic carbocycles. The van der Waals surface area contributed by atoms with E-state index in [-0.39, 0.29) is 4.21 Å². The van der Waals surface area contributed by atoms with Crippen molar-refractivity contribution in [3.63, 3.8) is 0 Å². The molecule has 0 saturated heterocycles. The molecule has 3 N–H and O–H groups in total. The monoisotopic (exact) mass is 503 g/mol. The molecule has 34 heavy (non-hydrogen) atoms. The molecule has 0 aliphatic carbocycles. The Morgan fingerprint density at radius 3 is 2.26 bits per heavy atom. The van der Waals surface area contributed by atoms with Crippen LogP contribution in [0, 0.1) is 0 Å². The Labute approximate surface area is 199 Å². The van der Waals surface area contributed by atoms with Crippen molar-refractivity contribution in [2.75, 3.05) is 29.9 Å². The predicted molar refractivity (Wildman–Crippen MR) is 126 cm³/mol. The number of primary amides is 1. The first-order valence-electron chi connectivity index (χ1n) is 9.77. The molecule has 1 heterocycles. The van der Waals surface area contributed by atoms with Crippen LogP contribution in [0.1, 0.15) is 10.4 Å². The van der Waals surface area contributed by atoms with Gasteiger partial charge in [-0.05, 0) is 60.0 Å². The average molecular weight is 504 g/mol. The lowest BCUT2D eigenvalue weighted by Gasteiger charge is -2.18. The number of hydrogen-bond donors (Lipinski definition) is 2. The number of ether oxygens (including phenoxy) is 2. The van der Waals surface area contributed by atoms with Crippen molar-refractivity contribution in [1.29, 1.82) is 0 Å². The van der Waals surface area contributed by atoms with Gasteiger partial charge >= 0.3 is 5.97 Å². The Morgan fingerprint density at radius 2 is 1.68 bits per heavy atom. The van der Waals surface area contributed by atoms with Crippen LogP contribution in [0.15, 0.2) is 70.3 Å². The summed E-state index contributed by atoms with van der Waals surface area (Å²) in [6.07, 6.45) is 0. The Balaban J connectivity index is 1.45. The number of esters is 1. The highest BCUT2D eigenvalue weighted by molar-refractivity contribution is 7.94. The molecule has 3 aromatic rings. The second kappa shape index (κ2) is 10.8. The number of hydrogen-bond acceptors (Lipinski definition) is 8. The van der Waals surface area contributed by atoms with Crippen LogP contribution in [0.5, 0.6) is 5.75 Å². The van der Waals surface area contributed by atoms with Gasteiger partial charge in [0.2, 0.25) is 5.91 Å². The molecule has 0 radical (unpaired) electrons. The van der Waals surface area contributed by atoms with Crippen LogP contribution in [-0.4, -0.2) is 46.5 Å². The van der Waals surface area contributed by atoms with Crippen LogP contribution in [-0.2, 0) is 24.3 Å². The van der Waals surface area contributed by atoms with Crippen molar-refractivity contribution in [3.8, 4) is 5.75 Å². The number of carbonyl (C=O) groups is 3. The number of nitrogens with zero attached hydrogens (tertiary/aromatic N) is 1. The normalized spacial score (nSPS) is 10.9. The summed E-state index contributed by atoms with van der Waals surface area (Å²) in [5.74, 6) is -1.60. The van der Waals surface area contributed by atoms with Gasteiger partial charge in [-0.3, -0.25) is 13.9 Å². The van der Waals surface area contributed by atoms with Crippen molar-refractivity contribution in [2.24, 2.45) is 5.73 Å². The number of rotatable bonds is 10. The van der Waals surface area contributed by atoms with Crippen molar-refractivity contribution in [2.45, 2.75) is 4.21 Å². The SMILES string of the molecule is CN(c1ccc(OCC(=O)OCC(=O)Nc2ccc(C(N)=O)cc2)cc1)S(=O)(=O)c1cccs1. The molecular weight excluding hydrogens is 482 g/mol. The lowest BCUT2D eigenvalue weighted by atomic mass is 10.2. The maximum Gasteiger partial charge on any atom is 0.344 e. The zero-order valence-electron chi connectivity index (χ0n) is 18.0. The summed E-state index contributed by atoms with van der Waals surface area (Å²) >= 11 is 1.12. The summed E-state index contributed by atoms with van der Waals surface area (Å²) in [5.41, 5.74) is 6.28. The second-order valence-corrected chi connectivity index (χ2v) is 9.98. The van der Waals surface area contributed by atoms with E-state index in [0.717, 1.165) is 15.6 Å². The van der Waals surface area contributed by atoms with Gasteiger partial charge in [0.25, 0.3) is 15.9 Å². The first-order chi connectivity index (χ1) is 16.2. The minimum atomic E-state index is -3.65. The van der Waals surface area contributed by atoms with Gasteiger partial charge < -0.3 is 20.5 Å². The Hall–Kier alpha value is -3.90. The second-order valence-electron chi connectivity index (χ2n) is 6.84. The molecule has 178 valence electrons.